The number of rotatable bonds is 3. The Morgan fingerprint density at radius 3 is 2.46 bits per heavy atom. The summed E-state index contributed by atoms with van der Waals surface area (Å²) in [6, 6.07) is 21.5. The summed E-state index contributed by atoms with van der Waals surface area (Å²) >= 11 is 6.08. The summed E-state index contributed by atoms with van der Waals surface area (Å²) in [7, 11) is 0. The van der Waals surface area contributed by atoms with E-state index >= 15 is 0 Å². The minimum absolute atomic E-state index is 0.289. The molecule has 0 spiro atoms. The number of carbonyl (C=O) groups is 1. The van der Waals surface area contributed by atoms with Crippen molar-refractivity contribution in [1.82, 2.24) is 0 Å². The highest BCUT2D eigenvalue weighted by Gasteiger charge is 2.13. The number of fused-ring (bicyclic) bond motifs is 1. The molecule has 138 valence electrons. The van der Waals surface area contributed by atoms with Crippen molar-refractivity contribution in [2.24, 2.45) is 0 Å². The second-order valence-corrected chi connectivity index (χ2v) is 6.86. The van der Waals surface area contributed by atoms with E-state index in [1.54, 1.807) is 42.5 Å². The monoisotopic (exact) mass is 389 g/mol. The largest absolute Gasteiger partial charge is 0.422 e. The van der Waals surface area contributed by atoms with E-state index in [2.05, 4.69) is 5.32 Å². The molecule has 1 N–H and O–H groups in total. The van der Waals surface area contributed by atoms with Crippen LogP contribution in [0.3, 0.4) is 0 Å². The summed E-state index contributed by atoms with van der Waals surface area (Å²) in [4.78, 5) is 24.9. The molecule has 0 bridgehead atoms. The first kappa shape index (κ1) is 18.0. The lowest BCUT2D eigenvalue weighted by Crippen LogP contribution is -2.12. The molecule has 0 saturated carbocycles. The summed E-state index contributed by atoms with van der Waals surface area (Å²) in [5.41, 5.74) is 3.28. The maximum atomic E-state index is 12.4. The van der Waals surface area contributed by atoms with Crippen LogP contribution in [0.4, 0.5) is 5.69 Å². The van der Waals surface area contributed by atoms with Gasteiger partial charge in [-0.3, -0.25) is 4.79 Å². The molecule has 0 fully saturated rings. The first-order valence-electron chi connectivity index (χ1n) is 8.73. The van der Waals surface area contributed by atoms with Gasteiger partial charge in [-0.1, -0.05) is 48.0 Å². The summed E-state index contributed by atoms with van der Waals surface area (Å²) in [5, 5.41) is 4.08. The fraction of sp³-hybridized carbons (Fsp3) is 0.0435. The highest BCUT2D eigenvalue weighted by Crippen LogP contribution is 2.27. The molecule has 4 nitrogen and oxygen atoms in total. The number of anilines is 1. The molecule has 0 aliphatic heterocycles. The van der Waals surface area contributed by atoms with Gasteiger partial charge in [0.1, 0.15) is 5.58 Å². The number of hydrogen-bond acceptors (Lipinski definition) is 3. The van der Waals surface area contributed by atoms with Gasteiger partial charge in [-0.25, -0.2) is 4.79 Å². The molecular weight excluding hydrogens is 374 g/mol. The van der Waals surface area contributed by atoms with Gasteiger partial charge >= 0.3 is 5.63 Å². The van der Waals surface area contributed by atoms with Crippen molar-refractivity contribution in [2.45, 2.75) is 6.92 Å². The molecule has 1 heterocycles. The average molecular weight is 390 g/mol. The van der Waals surface area contributed by atoms with Crippen molar-refractivity contribution in [3.8, 4) is 11.1 Å². The number of hydrogen-bond donors (Lipinski definition) is 1. The number of carbonyl (C=O) groups excluding carboxylic acids is 1. The molecule has 0 aliphatic rings. The Morgan fingerprint density at radius 1 is 0.929 bits per heavy atom. The minimum Gasteiger partial charge on any atom is -0.422 e. The third kappa shape index (κ3) is 3.42. The Hall–Kier alpha value is -3.37. The third-order valence-corrected chi connectivity index (χ3v) is 4.86. The molecule has 0 unspecified atom stereocenters. The maximum absolute atomic E-state index is 12.4. The first-order valence-corrected chi connectivity index (χ1v) is 9.10. The molecule has 0 saturated heterocycles. The molecule has 5 heteroatoms. The molecule has 3 aromatic carbocycles. The Balaban J connectivity index is 1.67. The van der Waals surface area contributed by atoms with Crippen molar-refractivity contribution in [3.63, 3.8) is 0 Å². The van der Waals surface area contributed by atoms with Gasteiger partial charge in [-0.2, -0.15) is 0 Å². The normalized spacial score (nSPS) is 10.8. The van der Waals surface area contributed by atoms with Gasteiger partial charge < -0.3 is 9.73 Å². The second-order valence-electron chi connectivity index (χ2n) is 6.45. The van der Waals surface area contributed by atoms with E-state index < -0.39 is 5.63 Å². The predicted octanol–water partition coefficient (Wildman–Crippen LogP) is 5.67. The number of benzene rings is 3. The molecule has 0 aliphatic carbocycles. The number of halogens is 1. The van der Waals surface area contributed by atoms with E-state index in [-0.39, 0.29) is 5.91 Å². The smallest absolute Gasteiger partial charge is 0.344 e. The van der Waals surface area contributed by atoms with Crippen LogP contribution in [-0.2, 0) is 0 Å². The number of para-hydroxylation sites is 1. The molecular formula is C23H16ClNO3. The van der Waals surface area contributed by atoms with Gasteiger partial charge in [0.25, 0.3) is 5.91 Å². The fourth-order valence-corrected chi connectivity index (χ4v) is 3.36. The summed E-state index contributed by atoms with van der Waals surface area (Å²) in [6.07, 6.45) is 0. The fourth-order valence-electron chi connectivity index (χ4n) is 3.14. The van der Waals surface area contributed by atoms with Gasteiger partial charge in [-0.05, 0) is 54.4 Å². The van der Waals surface area contributed by atoms with Crippen LogP contribution in [0.1, 0.15) is 15.9 Å². The summed E-state index contributed by atoms with van der Waals surface area (Å²) in [6.45, 7) is 1.88. The van der Waals surface area contributed by atoms with Gasteiger partial charge in [0, 0.05) is 11.1 Å². The topological polar surface area (TPSA) is 59.3 Å². The van der Waals surface area contributed by atoms with Crippen LogP contribution in [0, 0.1) is 6.92 Å². The average Bonchev–Trinajstić information content (AvgIpc) is 2.68. The Labute approximate surface area is 166 Å². The van der Waals surface area contributed by atoms with Gasteiger partial charge in [0.15, 0.2) is 0 Å². The first-order chi connectivity index (χ1) is 13.5. The third-order valence-electron chi connectivity index (χ3n) is 4.53. The lowest BCUT2D eigenvalue weighted by molar-refractivity contribution is 0.102. The Bertz CT molecular complexity index is 1260. The van der Waals surface area contributed by atoms with E-state index in [0.717, 1.165) is 16.5 Å². The number of nitrogens with one attached hydrogen (secondary N) is 1. The molecule has 28 heavy (non-hydrogen) atoms. The van der Waals surface area contributed by atoms with Crippen LogP contribution in [0.2, 0.25) is 5.02 Å². The number of amides is 1. The van der Waals surface area contributed by atoms with Gasteiger partial charge in [-0.15, -0.1) is 0 Å². The minimum atomic E-state index is -0.394. The van der Waals surface area contributed by atoms with Crippen LogP contribution < -0.4 is 10.9 Å². The van der Waals surface area contributed by atoms with Gasteiger partial charge in [0.05, 0.1) is 16.1 Å². The van der Waals surface area contributed by atoms with E-state index in [0.29, 0.717) is 27.4 Å². The van der Waals surface area contributed by atoms with E-state index in [9.17, 15) is 9.59 Å². The lowest BCUT2D eigenvalue weighted by Gasteiger charge is -2.11. The second kappa shape index (κ2) is 7.33. The van der Waals surface area contributed by atoms with Crippen LogP contribution in [-0.4, -0.2) is 5.91 Å². The van der Waals surface area contributed by atoms with Gasteiger partial charge in [0.2, 0.25) is 0 Å². The van der Waals surface area contributed by atoms with Crippen molar-refractivity contribution >= 4 is 34.2 Å². The highest BCUT2D eigenvalue weighted by atomic mass is 35.5. The Morgan fingerprint density at radius 2 is 1.68 bits per heavy atom. The standard InChI is InChI=1S/C23H16ClNO3/c1-14-12-16(25-22(26)18-7-3-4-8-20(18)24)10-11-17(14)19-13-15-6-2-5-9-21(15)28-23(19)27/h2-13H,1H3,(H,25,26). The SMILES string of the molecule is Cc1cc(NC(=O)c2ccccc2Cl)ccc1-c1cc2ccccc2oc1=O. The zero-order valence-electron chi connectivity index (χ0n) is 15.0. The quantitative estimate of drug-likeness (QED) is 0.459. The lowest BCUT2D eigenvalue weighted by atomic mass is 10.0. The van der Waals surface area contributed by atoms with Crippen LogP contribution in [0.15, 0.2) is 82.0 Å². The number of aryl methyl sites for hydroxylation is 1. The molecule has 4 aromatic rings. The molecule has 0 radical (unpaired) electrons. The van der Waals surface area contributed by atoms with Crippen molar-refractivity contribution in [1.29, 1.82) is 0 Å². The zero-order chi connectivity index (χ0) is 19.7. The predicted molar refractivity (Wildman–Crippen MR) is 112 cm³/mol. The van der Waals surface area contributed by atoms with Crippen LogP contribution in [0.5, 0.6) is 0 Å². The highest BCUT2D eigenvalue weighted by molar-refractivity contribution is 6.34. The van der Waals surface area contributed by atoms with Crippen molar-refractivity contribution in [2.75, 3.05) is 5.32 Å². The zero-order valence-corrected chi connectivity index (χ0v) is 15.8. The maximum Gasteiger partial charge on any atom is 0.344 e. The molecule has 4 rings (SSSR count). The summed E-state index contributed by atoms with van der Waals surface area (Å²) in [5.74, 6) is -0.289. The van der Waals surface area contributed by atoms with E-state index in [1.165, 1.54) is 0 Å². The molecule has 0 atom stereocenters. The molecule has 1 amide bonds. The van der Waals surface area contributed by atoms with Crippen LogP contribution >= 0.6 is 11.6 Å². The Kier molecular flexibility index (Phi) is 4.72. The van der Waals surface area contributed by atoms with E-state index in [4.69, 9.17) is 16.0 Å². The van der Waals surface area contributed by atoms with E-state index in [1.807, 2.05) is 37.3 Å². The van der Waals surface area contributed by atoms with Crippen molar-refractivity contribution in [3.05, 3.63) is 99.4 Å². The van der Waals surface area contributed by atoms with Crippen molar-refractivity contribution < 1.29 is 9.21 Å². The molecule has 1 aromatic heterocycles. The van der Waals surface area contributed by atoms with Crippen LogP contribution in [0.25, 0.3) is 22.1 Å². The summed E-state index contributed by atoms with van der Waals surface area (Å²) < 4.78 is 5.43.